The molecular weight excluding hydrogens is 427 g/mol. The number of fused-ring (bicyclic) bond motifs is 1. The highest BCUT2D eigenvalue weighted by Crippen LogP contribution is 2.36. The number of nitrogens with zero attached hydrogens (tertiary/aromatic N) is 3. The van der Waals surface area contributed by atoms with Gasteiger partial charge in [-0.1, -0.05) is 0 Å². The molecule has 0 aliphatic carbocycles. The molecule has 2 aromatic carbocycles. The van der Waals surface area contributed by atoms with Gasteiger partial charge in [-0.3, -0.25) is 4.79 Å². The van der Waals surface area contributed by atoms with Crippen LogP contribution in [0.1, 0.15) is 21.6 Å². The maximum Gasteiger partial charge on any atom is 0.256 e. The number of hydrogen-bond donors (Lipinski definition) is 1. The number of anilines is 1. The monoisotopic (exact) mass is 446 g/mol. The van der Waals surface area contributed by atoms with Crippen molar-refractivity contribution in [3.8, 4) is 5.69 Å². The molecule has 156 valence electrons. The van der Waals surface area contributed by atoms with E-state index in [4.69, 9.17) is 0 Å². The molecule has 1 aliphatic rings. The topological polar surface area (TPSA) is 84.3 Å². The summed E-state index contributed by atoms with van der Waals surface area (Å²) in [5, 5.41) is 7.47. The predicted molar refractivity (Wildman–Crippen MR) is 114 cm³/mol. The van der Waals surface area contributed by atoms with Crippen LogP contribution in [0.4, 0.5) is 10.2 Å². The zero-order valence-electron chi connectivity index (χ0n) is 16.3. The molecule has 1 N–H and O–H groups in total. The Morgan fingerprint density at radius 1 is 1.10 bits per heavy atom. The van der Waals surface area contributed by atoms with Gasteiger partial charge in [0.05, 0.1) is 16.3 Å². The summed E-state index contributed by atoms with van der Waals surface area (Å²) < 4.78 is 40.4. The van der Waals surface area contributed by atoms with Crippen LogP contribution < -0.4 is 5.32 Å². The predicted octanol–water partition coefficient (Wildman–Crippen LogP) is 3.26. The van der Waals surface area contributed by atoms with E-state index in [1.54, 1.807) is 28.6 Å². The summed E-state index contributed by atoms with van der Waals surface area (Å²) in [7, 11) is -0.670. The quantitative estimate of drug-likeness (QED) is 0.650. The minimum absolute atomic E-state index is 0.109. The molecule has 0 fully saturated rings. The Hall–Kier alpha value is -2.69. The van der Waals surface area contributed by atoms with E-state index in [0.29, 0.717) is 22.8 Å². The SMILES string of the molecule is CN(C)S(=O)(=O)c1ccc(C(=O)Nc2c3c(nn2-c2ccc(F)cc2)CSC3)cc1. The third kappa shape index (κ3) is 3.73. The molecule has 0 bridgehead atoms. The van der Waals surface area contributed by atoms with Crippen LogP contribution in [0.2, 0.25) is 0 Å². The summed E-state index contributed by atoms with van der Waals surface area (Å²) in [6, 6.07) is 11.6. The van der Waals surface area contributed by atoms with Crippen molar-refractivity contribution in [2.75, 3.05) is 19.4 Å². The minimum Gasteiger partial charge on any atom is -0.306 e. The maximum absolute atomic E-state index is 13.3. The number of carbonyl (C=O) groups excluding carboxylic acids is 1. The maximum atomic E-state index is 13.3. The second-order valence-electron chi connectivity index (χ2n) is 6.92. The van der Waals surface area contributed by atoms with Gasteiger partial charge < -0.3 is 5.32 Å². The van der Waals surface area contributed by atoms with Gasteiger partial charge in [-0.15, -0.1) is 0 Å². The Morgan fingerprint density at radius 3 is 2.40 bits per heavy atom. The van der Waals surface area contributed by atoms with E-state index in [1.165, 1.54) is 50.5 Å². The van der Waals surface area contributed by atoms with Crippen molar-refractivity contribution in [1.29, 1.82) is 0 Å². The van der Waals surface area contributed by atoms with Gasteiger partial charge in [-0.2, -0.15) is 16.9 Å². The second kappa shape index (κ2) is 7.86. The van der Waals surface area contributed by atoms with Crippen molar-refractivity contribution in [1.82, 2.24) is 14.1 Å². The molecule has 0 saturated heterocycles. The Bertz CT molecular complexity index is 1200. The van der Waals surface area contributed by atoms with E-state index < -0.39 is 10.0 Å². The van der Waals surface area contributed by atoms with Gasteiger partial charge in [0.15, 0.2) is 0 Å². The number of nitrogens with one attached hydrogen (secondary N) is 1. The second-order valence-corrected chi connectivity index (χ2v) is 10.1. The van der Waals surface area contributed by atoms with Crippen LogP contribution in [-0.4, -0.2) is 42.5 Å². The number of aromatic nitrogens is 2. The molecule has 0 unspecified atom stereocenters. The summed E-state index contributed by atoms with van der Waals surface area (Å²) in [6.07, 6.45) is 0. The Morgan fingerprint density at radius 2 is 1.77 bits per heavy atom. The number of carbonyl (C=O) groups is 1. The summed E-state index contributed by atoms with van der Waals surface area (Å²) in [6.45, 7) is 0. The van der Waals surface area contributed by atoms with E-state index in [0.717, 1.165) is 21.3 Å². The summed E-state index contributed by atoms with van der Waals surface area (Å²) in [4.78, 5) is 13.0. The molecular formula is C20H19FN4O3S2. The smallest absolute Gasteiger partial charge is 0.256 e. The van der Waals surface area contributed by atoms with Crippen LogP contribution in [0.25, 0.3) is 5.69 Å². The molecule has 4 rings (SSSR count). The van der Waals surface area contributed by atoms with E-state index >= 15 is 0 Å². The van der Waals surface area contributed by atoms with Crippen LogP contribution in [0, 0.1) is 5.82 Å². The van der Waals surface area contributed by atoms with Crippen molar-refractivity contribution in [2.45, 2.75) is 16.4 Å². The molecule has 0 radical (unpaired) electrons. The molecule has 7 nitrogen and oxygen atoms in total. The molecule has 1 aromatic heterocycles. The third-order valence-electron chi connectivity index (χ3n) is 4.75. The van der Waals surface area contributed by atoms with Gasteiger partial charge in [0, 0.05) is 36.7 Å². The third-order valence-corrected chi connectivity index (χ3v) is 7.55. The fourth-order valence-corrected chi connectivity index (χ4v) is 5.02. The molecule has 30 heavy (non-hydrogen) atoms. The first-order chi connectivity index (χ1) is 14.3. The Labute approximate surface area is 177 Å². The summed E-state index contributed by atoms with van der Waals surface area (Å²) in [5.74, 6) is 1.26. The van der Waals surface area contributed by atoms with Crippen molar-refractivity contribution >= 4 is 33.5 Å². The lowest BCUT2D eigenvalue weighted by atomic mass is 10.2. The first-order valence-corrected chi connectivity index (χ1v) is 11.7. The lowest BCUT2D eigenvalue weighted by molar-refractivity contribution is 0.102. The van der Waals surface area contributed by atoms with Gasteiger partial charge in [-0.05, 0) is 48.5 Å². The lowest BCUT2D eigenvalue weighted by Gasteiger charge is -2.13. The highest BCUT2D eigenvalue weighted by Gasteiger charge is 2.25. The molecule has 0 atom stereocenters. The number of sulfonamides is 1. The van der Waals surface area contributed by atoms with Crippen LogP contribution >= 0.6 is 11.8 Å². The summed E-state index contributed by atoms with van der Waals surface area (Å²) in [5.41, 5.74) is 2.77. The van der Waals surface area contributed by atoms with Gasteiger partial charge >= 0.3 is 0 Å². The van der Waals surface area contributed by atoms with Gasteiger partial charge in [0.2, 0.25) is 10.0 Å². The van der Waals surface area contributed by atoms with Crippen molar-refractivity contribution in [3.05, 3.63) is 71.2 Å². The van der Waals surface area contributed by atoms with Gasteiger partial charge in [0.1, 0.15) is 11.6 Å². The van der Waals surface area contributed by atoms with E-state index in [1.807, 2.05) is 0 Å². The van der Waals surface area contributed by atoms with Gasteiger partial charge in [0.25, 0.3) is 5.91 Å². The average molecular weight is 447 g/mol. The molecule has 2 heterocycles. The average Bonchev–Trinajstić information content (AvgIpc) is 3.31. The Kier molecular flexibility index (Phi) is 5.39. The standard InChI is InChI=1S/C20H19FN4O3S2/c1-24(2)30(27,28)16-9-3-13(4-10-16)20(26)22-19-17-11-29-12-18(17)23-25(19)15-7-5-14(21)6-8-15/h3-10H,11-12H2,1-2H3,(H,22,26). The largest absolute Gasteiger partial charge is 0.306 e. The molecule has 3 aromatic rings. The van der Waals surface area contributed by atoms with Crippen molar-refractivity contribution in [3.63, 3.8) is 0 Å². The highest BCUT2D eigenvalue weighted by molar-refractivity contribution is 7.98. The summed E-state index contributed by atoms with van der Waals surface area (Å²) >= 11 is 1.70. The van der Waals surface area contributed by atoms with Crippen LogP contribution in [0.5, 0.6) is 0 Å². The molecule has 0 saturated carbocycles. The zero-order valence-corrected chi connectivity index (χ0v) is 17.9. The fraction of sp³-hybridized carbons (Fsp3) is 0.200. The number of thioether (sulfide) groups is 1. The lowest BCUT2D eigenvalue weighted by Crippen LogP contribution is -2.22. The number of benzene rings is 2. The first kappa shape index (κ1) is 20.6. The van der Waals surface area contributed by atoms with E-state index in [9.17, 15) is 17.6 Å². The Balaban J connectivity index is 1.65. The number of rotatable bonds is 5. The van der Waals surface area contributed by atoms with Crippen molar-refractivity contribution in [2.24, 2.45) is 0 Å². The molecule has 1 aliphatic heterocycles. The van der Waals surface area contributed by atoms with E-state index in [-0.39, 0.29) is 16.6 Å². The zero-order chi connectivity index (χ0) is 21.5. The minimum atomic E-state index is -3.57. The van der Waals surface area contributed by atoms with E-state index in [2.05, 4.69) is 10.4 Å². The van der Waals surface area contributed by atoms with Crippen LogP contribution in [-0.2, 0) is 21.5 Å². The first-order valence-electron chi connectivity index (χ1n) is 9.06. The van der Waals surface area contributed by atoms with Crippen molar-refractivity contribution < 1.29 is 17.6 Å². The fourth-order valence-electron chi connectivity index (χ4n) is 3.08. The molecule has 10 heteroatoms. The number of hydrogen-bond acceptors (Lipinski definition) is 5. The normalized spacial score (nSPS) is 13.5. The highest BCUT2D eigenvalue weighted by atomic mass is 32.2. The number of amides is 1. The van der Waals surface area contributed by atoms with Gasteiger partial charge in [-0.25, -0.2) is 21.8 Å². The molecule has 0 spiro atoms. The van der Waals surface area contributed by atoms with Crippen LogP contribution in [0.3, 0.4) is 0 Å². The number of halogens is 1. The molecule has 1 amide bonds. The van der Waals surface area contributed by atoms with Crippen LogP contribution in [0.15, 0.2) is 53.4 Å².